The highest BCUT2D eigenvalue weighted by atomic mass is 35.5. The van der Waals surface area contributed by atoms with Crippen molar-refractivity contribution in [3.05, 3.63) is 40.4 Å². The number of rotatable bonds is 5. The van der Waals surface area contributed by atoms with Gasteiger partial charge in [0.15, 0.2) is 0 Å². The van der Waals surface area contributed by atoms with Crippen molar-refractivity contribution in [1.82, 2.24) is 0 Å². The zero-order valence-corrected chi connectivity index (χ0v) is 9.90. The SMILES string of the molecule is CC(=CCOc1ccc(C=O)cc1Cl)C(=O)O. The van der Waals surface area contributed by atoms with Crippen molar-refractivity contribution in [2.75, 3.05) is 6.61 Å². The van der Waals surface area contributed by atoms with Crippen molar-refractivity contribution < 1.29 is 19.4 Å². The summed E-state index contributed by atoms with van der Waals surface area (Å²) < 4.78 is 5.27. The largest absolute Gasteiger partial charge is 0.488 e. The van der Waals surface area contributed by atoms with Crippen molar-refractivity contribution in [3.8, 4) is 5.75 Å². The number of hydrogen-bond donors (Lipinski definition) is 1. The maximum Gasteiger partial charge on any atom is 0.331 e. The molecular weight excluding hydrogens is 244 g/mol. The first kappa shape index (κ1) is 13.3. The first-order chi connectivity index (χ1) is 8.04. The Morgan fingerprint density at radius 2 is 2.24 bits per heavy atom. The monoisotopic (exact) mass is 254 g/mol. The van der Waals surface area contributed by atoms with Gasteiger partial charge in [0.1, 0.15) is 18.6 Å². The molecule has 0 aliphatic heterocycles. The number of carbonyl (C=O) groups is 2. The van der Waals surface area contributed by atoms with E-state index in [-0.39, 0.29) is 12.2 Å². The Kier molecular flexibility index (Phi) is 4.72. The van der Waals surface area contributed by atoms with Crippen LogP contribution in [0.5, 0.6) is 5.75 Å². The molecule has 1 N–H and O–H groups in total. The minimum Gasteiger partial charge on any atom is -0.488 e. The molecule has 90 valence electrons. The summed E-state index contributed by atoms with van der Waals surface area (Å²) >= 11 is 5.87. The summed E-state index contributed by atoms with van der Waals surface area (Å²) in [5.41, 5.74) is 0.658. The molecule has 4 nitrogen and oxygen atoms in total. The summed E-state index contributed by atoms with van der Waals surface area (Å²) in [5.74, 6) is -0.581. The van der Waals surface area contributed by atoms with Gasteiger partial charge in [0.25, 0.3) is 0 Å². The van der Waals surface area contributed by atoms with Gasteiger partial charge in [-0.2, -0.15) is 0 Å². The van der Waals surface area contributed by atoms with Crippen LogP contribution in [0.15, 0.2) is 29.8 Å². The van der Waals surface area contributed by atoms with Crippen LogP contribution in [0.2, 0.25) is 5.02 Å². The van der Waals surface area contributed by atoms with Crippen molar-refractivity contribution in [2.45, 2.75) is 6.92 Å². The fraction of sp³-hybridized carbons (Fsp3) is 0.167. The van der Waals surface area contributed by atoms with Gasteiger partial charge in [-0.3, -0.25) is 4.79 Å². The molecule has 0 saturated carbocycles. The second kappa shape index (κ2) is 6.06. The summed E-state index contributed by atoms with van der Waals surface area (Å²) in [7, 11) is 0. The Morgan fingerprint density at radius 3 is 2.76 bits per heavy atom. The summed E-state index contributed by atoms with van der Waals surface area (Å²) in [5, 5.41) is 8.93. The quantitative estimate of drug-likeness (QED) is 0.648. The van der Waals surface area contributed by atoms with Gasteiger partial charge >= 0.3 is 5.97 Å². The molecule has 0 fully saturated rings. The van der Waals surface area contributed by atoms with Crippen LogP contribution in [0.3, 0.4) is 0 Å². The smallest absolute Gasteiger partial charge is 0.331 e. The molecule has 0 aliphatic rings. The van der Waals surface area contributed by atoms with Crippen molar-refractivity contribution >= 4 is 23.9 Å². The molecule has 17 heavy (non-hydrogen) atoms. The minimum absolute atomic E-state index is 0.109. The van der Waals surface area contributed by atoms with Gasteiger partial charge in [0, 0.05) is 11.1 Å². The number of aldehydes is 1. The van der Waals surface area contributed by atoms with Gasteiger partial charge in [-0.1, -0.05) is 11.6 Å². The molecule has 0 atom stereocenters. The molecular formula is C12H11ClO4. The molecule has 0 aromatic heterocycles. The van der Waals surface area contributed by atoms with Gasteiger partial charge < -0.3 is 9.84 Å². The van der Waals surface area contributed by atoms with Gasteiger partial charge in [-0.15, -0.1) is 0 Å². The summed E-state index contributed by atoms with van der Waals surface area (Å²) in [4.78, 5) is 21.0. The fourth-order valence-corrected chi connectivity index (χ4v) is 1.29. The maximum atomic E-state index is 10.5. The van der Waals surface area contributed by atoms with Gasteiger partial charge in [-0.05, 0) is 31.2 Å². The van der Waals surface area contributed by atoms with E-state index in [0.29, 0.717) is 22.6 Å². The molecule has 0 heterocycles. The van der Waals surface area contributed by atoms with E-state index in [1.165, 1.54) is 19.1 Å². The van der Waals surface area contributed by atoms with E-state index < -0.39 is 5.97 Å². The average Bonchev–Trinajstić information content (AvgIpc) is 2.30. The van der Waals surface area contributed by atoms with Crippen LogP contribution in [-0.4, -0.2) is 24.0 Å². The molecule has 0 bridgehead atoms. The Hall–Kier alpha value is -1.81. The normalized spacial score (nSPS) is 11.1. The van der Waals surface area contributed by atoms with Crippen molar-refractivity contribution in [3.63, 3.8) is 0 Å². The van der Waals surface area contributed by atoms with Crippen LogP contribution in [-0.2, 0) is 4.79 Å². The molecule has 0 saturated heterocycles. The molecule has 1 aromatic carbocycles. The van der Waals surface area contributed by atoms with Crippen LogP contribution >= 0.6 is 11.6 Å². The van der Waals surface area contributed by atoms with E-state index in [0.717, 1.165) is 0 Å². The number of ether oxygens (including phenoxy) is 1. The van der Waals surface area contributed by atoms with E-state index in [2.05, 4.69) is 0 Å². The summed E-state index contributed by atoms with van der Waals surface area (Å²) in [6.07, 6.45) is 2.12. The third kappa shape index (κ3) is 3.92. The maximum absolute atomic E-state index is 10.5. The van der Waals surface area contributed by atoms with Gasteiger partial charge in [-0.25, -0.2) is 4.79 Å². The lowest BCUT2D eigenvalue weighted by Gasteiger charge is -2.06. The highest BCUT2D eigenvalue weighted by Gasteiger charge is 2.03. The lowest BCUT2D eigenvalue weighted by atomic mass is 10.2. The lowest BCUT2D eigenvalue weighted by Crippen LogP contribution is -2.01. The predicted octanol–water partition coefficient (Wildman–Crippen LogP) is 2.56. The third-order valence-electron chi connectivity index (χ3n) is 2.06. The van der Waals surface area contributed by atoms with E-state index in [1.54, 1.807) is 12.1 Å². The molecule has 0 radical (unpaired) electrons. The van der Waals surface area contributed by atoms with Crippen LogP contribution in [0.25, 0.3) is 0 Å². The fourth-order valence-electron chi connectivity index (χ4n) is 1.05. The minimum atomic E-state index is -0.990. The van der Waals surface area contributed by atoms with Crippen molar-refractivity contribution in [2.24, 2.45) is 0 Å². The second-order valence-electron chi connectivity index (χ2n) is 3.31. The van der Waals surface area contributed by atoms with Crippen LogP contribution in [0.1, 0.15) is 17.3 Å². The molecule has 0 aliphatic carbocycles. The number of benzene rings is 1. The molecule has 5 heteroatoms. The molecule has 1 rings (SSSR count). The Morgan fingerprint density at radius 1 is 1.53 bits per heavy atom. The third-order valence-corrected chi connectivity index (χ3v) is 2.35. The predicted molar refractivity (Wildman–Crippen MR) is 63.7 cm³/mol. The Labute approximate surface area is 103 Å². The number of carbonyl (C=O) groups excluding carboxylic acids is 1. The molecule has 0 amide bonds. The molecule has 1 aromatic rings. The zero-order valence-electron chi connectivity index (χ0n) is 9.14. The van der Waals surface area contributed by atoms with Crippen LogP contribution in [0.4, 0.5) is 0 Å². The topological polar surface area (TPSA) is 63.6 Å². The van der Waals surface area contributed by atoms with Gasteiger partial charge in [0.05, 0.1) is 5.02 Å². The van der Waals surface area contributed by atoms with E-state index in [1.807, 2.05) is 0 Å². The zero-order chi connectivity index (χ0) is 12.8. The average molecular weight is 255 g/mol. The van der Waals surface area contributed by atoms with Crippen molar-refractivity contribution in [1.29, 1.82) is 0 Å². The summed E-state index contributed by atoms with van der Waals surface area (Å²) in [6, 6.07) is 4.62. The summed E-state index contributed by atoms with van der Waals surface area (Å²) in [6.45, 7) is 1.58. The highest BCUT2D eigenvalue weighted by Crippen LogP contribution is 2.24. The second-order valence-corrected chi connectivity index (χ2v) is 3.72. The number of halogens is 1. The van der Waals surface area contributed by atoms with E-state index in [9.17, 15) is 9.59 Å². The van der Waals surface area contributed by atoms with E-state index in [4.69, 9.17) is 21.4 Å². The number of aliphatic carboxylic acids is 1. The lowest BCUT2D eigenvalue weighted by molar-refractivity contribution is -0.132. The number of carboxylic acids is 1. The Bertz CT molecular complexity index is 466. The molecule has 0 unspecified atom stereocenters. The Balaban J connectivity index is 2.67. The standard InChI is InChI=1S/C12H11ClO4/c1-8(12(15)16)4-5-17-11-3-2-9(7-14)6-10(11)13/h2-4,6-7H,5H2,1H3,(H,15,16). The first-order valence-corrected chi connectivity index (χ1v) is 5.20. The number of carboxylic acid groups (broad SMARTS) is 1. The van der Waals surface area contributed by atoms with E-state index >= 15 is 0 Å². The first-order valence-electron chi connectivity index (χ1n) is 4.82. The van der Waals surface area contributed by atoms with Crippen LogP contribution in [0, 0.1) is 0 Å². The highest BCUT2D eigenvalue weighted by molar-refractivity contribution is 6.32. The van der Waals surface area contributed by atoms with Gasteiger partial charge in [0.2, 0.25) is 0 Å². The molecule has 0 spiro atoms. The number of hydrogen-bond acceptors (Lipinski definition) is 3. The van der Waals surface area contributed by atoms with Crippen LogP contribution < -0.4 is 4.74 Å².